The molecular weight excluding hydrogens is 488 g/mol. The maximum Gasteiger partial charge on any atom is 0.243 e. The number of methoxy groups -OCH3 is 1. The first kappa shape index (κ1) is 26.0. The van der Waals surface area contributed by atoms with E-state index >= 15 is 0 Å². The first-order valence-electron chi connectivity index (χ1n) is 13.6. The van der Waals surface area contributed by atoms with E-state index in [1.54, 1.807) is 29.6 Å². The van der Waals surface area contributed by atoms with Crippen LogP contribution in [-0.2, 0) is 21.2 Å². The summed E-state index contributed by atoms with van der Waals surface area (Å²) in [7, 11) is -1.99. The van der Waals surface area contributed by atoms with Crippen LogP contribution >= 0.6 is 0 Å². The summed E-state index contributed by atoms with van der Waals surface area (Å²) < 4.78 is 40.0. The number of nitrogens with one attached hydrogen (secondary N) is 1. The summed E-state index contributed by atoms with van der Waals surface area (Å²) in [6.45, 7) is 1.11. The maximum absolute atomic E-state index is 13.2. The van der Waals surface area contributed by atoms with Crippen molar-refractivity contribution >= 4 is 15.9 Å². The second-order valence-corrected chi connectivity index (χ2v) is 12.6. The average Bonchev–Trinajstić information content (AvgIpc) is 2.92. The largest absolute Gasteiger partial charge is 0.496 e. The Hall–Kier alpha value is -2.58. The molecule has 1 atom stereocenters. The molecule has 0 aromatic heterocycles. The fourth-order valence-corrected chi connectivity index (χ4v) is 7.70. The standard InChI is InChI=1S/C29H38N2O5S/c1-35-26-14-13-23(37(33,34)31-18-8-3-9-19-31)20-22(26)12-15-28(32)30-25-21-29(16-6-2-7-17-29)36-27-11-5-4-10-24(25)27/h4-5,10-11,13-14,20,25H,2-3,6-9,12,15-19,21H2,1H3,(H,30,32)/t25-/m0/s1. The van der Waals surface area contributed by atoms with Crippen molar-refractivity contribution in [2.45, 2.75) is 87.2 Å². The Morgan fingerprint density at radius 3 is 2.54 bits per heavy atom. The third-order valence-corrected chi connectivity index (χ3v) is 10.0. The SMILES string of the molecule is COc1ccc(S(=O)(=O)N2CCCCC2)cc1CCC(=O)N[C@H]1CC2(CCCCC2)Oc2ccccc21. The number of aryl methyl sites for hydroxylation is 1. The van der Waals surface area contributed by atoms with Gasteiger partial charge in [0.1, 0.15) is 17.1 Å². The van der Waals surface area contributed by atoms with Crippen molar-refractivity contribution < 1.29 is 22.7 Å². The number of fused-ring (bicyclic) bond motifs is 1. The molecule has 2 aliphatic heterocycles. The normalized spacial score (nSPS) is 21.6. The number of benzene rings is 2. The summed E-state index contributed by atoms with van der Waals surface area (Å²) in [6.07, 6.45) is 9.84. The average molecular weight is 527 g/mol. The van der Waals surface area contributed by atoms with E-state index in [2.05, 4.69) is 5.32 Å². The van der Waals surface area contributed by atoms with Gasteiger partial charge in [-0.3, -0.25) is 4.79 Å². The number of carbonyl (C=O) groups excluding carboxylic acids is 1. The Kier molecular flexibility index (Phi) is 7.77. The lowest BCUT2D eigenvalue weighted by atomic mass is 9.77. The first-order valence-corrected chi connectivity index (χ1v) is 15.1. The van der Waals surface area contributed by atoms with Crippen molar-refractivity contribution in [3.8, 4) is 11.5 Å². The van der Waals surface area contributed by atoms with E-state index in [0.717, 1.165) is 68.2 Å². The molecule has 1 N–H and O–H groups in total. The van der Waals surface area contributed by atoms with Gasteiger partial charge in [0.05, 0.1) is 18.0 Å². The number of hydrogen-bond acceptors (Lipinski definition) is 5. The fraction of sp³-hybridized carbons (Fsp3) is 0.552. The van der Waals surface area contributed by atoms with Gasteiger partial charge >= 0.3 is 0 Å². The molecule has 1 saturated heterocycles. The summed E-state index contributed by atoms with van der Waals surface area (Å²) in [5, 5.41) is 3.26. The number of ether oxygens (including phenoxy) is 2. The highest BCUT2D eigenvalue weighted by Gasteiger charge is 2.42. The molecule has 2 heterocycles. The van der Waals surface area contributed by atoms with Gasteiger partial charge in [-0.25, -0.2) is 8.42 Å². The number of piperidine rings is 1. The monoisotopic (exact) mass is 526 g/mol. The molecule has 7 nitrogen and oxygen atoms in total. The number of para-hydroxylation sites is 1. The Balaban J connectivity index is 1.29. The molecule has 5 rings (SSSR count). The highest BCUT2D eigenvalue weighted by molar-refractivity contribution is 7.89. The minimum absolute atomic E-state index is 0.0565. The molecular formula is C29H38N2O5S. The maximum atomic E-state index is 13.2. The molecule has 1 spiro atoms. The van der Waals surface area contributed by atoms with Gasteiger partial charge in [-0.05, 0) is 74.8 Å². The lowest BCUT2D eigenvalue weighted by molar-refractivity contribution is -0.122. The van der Waals surface area contributed by atoms with Crippen molar-refractivity contribution in [2.75, 3.05) is 20.2 Å². The molecule has 37 heavy (non-hydrogen) atoms. The van der Waals surface area contributed by atoms with Crippen LogP contribution in [0.4, 0.5) is 0 Å². The Morgan fingerprint density at radius 2 is 1.78 bits per heavy atom. The Bertz CT molecular complexity index is 1220. The van der Waals surface area contributed by atoms with E-state index in [1.807, 2.05) is 24.3 Å². The number of carbonyl (C=O) groups is 1. The number of hydrogen-bond donors (Lipinski definition) is 1. The zero-order valence-corrected chi connectivity index (χ0v) is 22.5. The van der Waals surface area contributed by atoms with E-state index in [0.29, 0.717) is 25.3 Å². The van der Waals surface area contributed by atoms with Gasteiger partial charge in [0, 0.05) is 31.5 Å². The highest BCUT2D eigenvalue weighted by atomic mass is 32.2. The third kappa shape index (κ3) is 5.65. The molecule has 1 amide bonds. The smallest absolute Gasteiger partial charge is 0.243 e. The summed E-state index contributed by atoms with van der Waals surface area (Å²) in [5.74, 6) is 1.42. The van der Waals surface area contributed by atoms with Crippen molar-refractivity contribution in [1.82, 2.24) is 9.62 Å². The third-order valence-electron chi connectivity index (χ3n) is 8.12. The van der Waals surface area contributed by atoms with E-state index < -0.39 is 10.0 Å². The van der Waals surface area contributed by atoms with Crippen LogP contribution in [0.5, 0.6) is 11.5 Å². The molecule has 0 radical (unpaired) electrons. The summed E-state index contributed by atoms with van der Waals surface area (Å²) in [5.41, 5.74) is 1.55. The number of amides is 1. The molecule has 2 aromatic carbocycles. The van der Waals surface area contributed by atoms with E-state index in [-0.39, 0.29) is 28.9 Å². The minimum Gasteiger partial charge on any atom is -0.496 e. The van der Waals surface area contributed by atoms with Crippen molar-refractivity contribution in [3.63, 3.8) is 0 Å². The van der Waals surface area contributed by atoms with Crippen molar-refractivity contribution in [1.29, 1.82) is 0 Å². The molecule has 0 bridgehead atoms. The highest BCUT2D eigenvalue weighted by Crippen LogP contribution is 2.46. The first-order chi connectivity index (χ1) is 17.9. The van der Waals surface area contributed by atoms with Crippen LogP contribution in [0.1, 0.15) is 81.4 Å². The van der Waals surface area contributed by atoms with E-state index in [9.17, 15) is 13.2 Å². The predicted octanol–water partition coefficient (Wildman–Crippen LogP) is 5.15. The van der Waals surface area contributed by atoms with Crippen LogP contribution < -0.4 is 14.8 Å². The van der Waals surface area contributed by atoms with Gasteiger partial charge in [-0.15, -0.1) is 0 Å². The molecule has 8 heteroatoms. The quantitative estimate of drug-likeness (QED) is 0.540. The van der Waals surface area contributed by atoms with Gasteiger partial charge in [0.25, 0.3) is 0 Å². The van der Waals surface area contributed by atoms with Gasteiger partial charge in [-0.2, -0.15) is 4.31 Å². The molecule has 200 valence electrons. The number of sulfonamides is 1. The van der Waals surface area contributed by atoms with Crippen LogP contribution in [0.25, 0.3) is 0 Å². The lowest BCUT2D eigenvalue weighted by Gasteiger charge is -2.44. The van der Waals surface area contributed by atoms with Crippen molar-refractivity contribution in [2.24, 2.45) is 0 Å². The van der Waals surface area contributed by atoms with E-state index in [1.165, 1.54) is 6.42 Å². The second kappa shape index (κ2) is 11.0. The summed E-state index contributed by atoms with van der Waals surface area (Å²) in [4.78, 5) is 13.4. The van der Waals surface area contributed by atoms with Crippen LogP contribution in [-0.4, -0.2) is 44.4 Å². The van der Waals surface area contributed by atoms with Crippen LogP contribution in [0.15, 0.2) is 47.4 Å². The Labute approximate surface area is 220 Å². The second-order valence-electron chi connectivity index (χ2n) is 10.6. The summed E-state index contributed by atoms with van der Waals surface area (Å²) in [6, 6.07) is 12.9. The molecule has 3 aliphatic rings. The van der Waals surface area contributed by atoms with Crippen LogP contribution in [0, 0.1) is 0 Å². The predicted molar refractivity (Wildman–Crippen MR) is 142 cm³/mol. The van der Waals surface area contributed by atoms with Gasteiger partial charge in [0.2, 0.25) is 15.9 Å². The van der Waals surface area contributed by atoms with Gasteiger partial charge in [0.15, 0.2) is 0 Å². The number of nitrogens with zero attached hydrogens (tertiary/aromatic N) is 1. The molecule has 2 fully saturated rings. The fourth-order valence-electron chi connectivity index (χ4n) is 6.13. The zero-order valence-electron chi connectivity index (χ0n) is 21.7. The lowest BCUT2D eigenvalue weighted by Crippen LogP contribution is -2.46. The van der Waals surface area contributed by atoms with Crippen LogP contribution in [0.2, 0.25) is 0 Å². The van der Waals surface area contributed by atoms with Crippen LogP contribution in [0.3, 0.4) is 0 Å². The minimum atomic E-state index is -3.56. The van der Waals surface area contributed by atoms with Gasteiger partial charge in [-0.1, -0.05) is 31.0 Å². The molecule has 2 aromatic rings. The van der Waals surface area contributed by atoms with E-state index in [4.69, 9.17) is 9.47 Å². The molecule has 0 unspecified atom stereocenters. The number of rotatable bonds is 7. The zero-order chi connectivity index (χ0) is 25.9. The molecule has 1 saturated carbocycles. The Morgan fingerprint density at radius 1 is 1.05 bits per heavy atom. The topological polar surface area (TPSA) is 84.9 Å². The van der Waals surface area contributed by atoms with Crippen molar-refractivity contribution in [3.05, 3.63) is 53.6 Å². The molecule has 1 aliphatic carbocycles. The summed E-state index contributed by atoms with van der Waals surface area (Å²) >= 11 is 0. The van der Waals surface area contributed by atoms with Gasteiger partial charge < -0.3 is 14.8 Å².